The van der Waals surface area contributed by atoms with Gasteiger partial charge in [-0.25, -0.2) is 9.76 Å². The van der Waals surface area contributed by atoms with Crippen molar-refractivity contribution >= 4 is 30.8 Å². The van der Waals surface area contributed by atoms with Crippen molar-refractivity contribution in [2.24, 2.45) is 0 Å². The molecular weight excluding hydrogens is 122 g/mol. The normalized spacial score (nSPS) is 7.67. The number of carbonyl (C=O) groups is 1. The van der Waals surface area contributed by atoms with Gasteiger partial charge < -0.3 is 0 Å². The minimum atomic E-state index is -0.565. The standard InChI is InChI=1S/CH3NO2S2/c3-1(5)2-4-6/h6H,(H2,2,3,5). The summed E-state index contributed by atoms with van der Waals surface area (Å²) in [6.07, 6.45) is 0. The number of rotatable bonds is 1. The third kappa shape index (κ3) is 4.13. The van der Waals surface area contributed by atoms with Crippen molar-refractivity contribution < 1.29 is 9.08 Å². The van der Waals surface area contributed by atoms with Crippen LogP contribution in [0.15, 0.2) is 0 Å². The van der Waals surface area contributed by atoms with E-state index in [0.717, 1.165) is 0 Å². The smallest absolute Gasteiger partial charge is 0.260 e. The van der Waals surface area contributed by atoms with E-state index in [2.05, 4.69) is 29.8 Å². The lowest BCUT2D eigenvalue weighted by Crippen LogP contribution is -2.10. The molecule has 1 amide bonds. The van der Waals surface area contributed by atoms with E-state index in [1.54, 1.807) is 5.48 Å². The monoisotopic (exact) mass is 125 g/mol. The van der Waals surface area contributed by atoms with Crippen LogP contribution in [0.25, 0.3) is 0 Å². The van der Waals surface area contributed by atoms with E-state index in [-0.39, 0.29) is 0 Å². The fourth-order valence-electron chi connectivity index (χ4n) is 0.0390. The highest BCUT2D eigenvalue weighted by molar-refractivity contribution is 7.96. The summed E-state index contributed by atoms with van der Waals surface area (Å²) >= 11 is 6.43. The molecule has 1 N–H and O–H groups in total. The van der Waals surface area contributed by atoms with Crippen LogP contribution in [-0.2, 0) is 4.28 Å². The molecule has 0 atom stereocenters. The summed E-state index contributed by atoms with van der Waals surface area (Å²) in [7, 11) is 0. The third-order valence-electron chi connectivity index (χ3n) is 0.133. The Bertz CT molecular complexity index is 55.5. The van der Waals surface area contributed by atoms with Crippen molar-refractivity contribution in [3.63, 3.8) is 0 Å². The molecule has 0 heterocycles. The molecule has 0 aromatic rings. The summed E-state index contributed by atoms with van der Waals surface area (Å²) in [5.41, 5.74) is 1.80. The lowest BCUT2D eigenvalue weighted by Gasteiger charge is -1.87. The van der Waals surface area contributed by atoms with E-state index in [9.17, 15) is 4.79 Å². The number of amides is 1. The van der Waals surface area contributed by atoms with Crippen LogP contribution < -0.4 is 5.48 Å². The predicted molar refractivity (Wildman–Crippen MR) is 27.6 cm³/mol. The van der Waals surface area contributed by atoms with Crippen LogP contribution in [0.3, 0.4) is 0 Å². The van der Waals surface area contributed by atoms with Gasteiger partial charge in [-0.15, -0.1) is 0 Å². The first-order chi connectivity index (χ1) is 2.77. The van der Waals surface area contributed by atoms with Crippen LogP contribution in [-0.4, -0.2) is 5.24 Å². The Morgan fingerprint density at radius 3 is 2.33 bits per heavy atom. The Labute approximate surface area is 46.0 Å². The molecule has 0 unspecified atom stereocenters. The SMILES string of the molecule is O=C(S)NOS. The van der Waals surface area contributed by atoms with Gasteiger partial charge in [0.2, 0.25) is 0 Å². The van der Waals surface area contributed by atoms with Crippen molar-refractivity contribution in [2.75, 3.05) is 0 Å². The maximum atomic E-state index is 9.62. The second-order valence-electron chi connectivity index (χ2n) is 0.499. The summed E-state index contributed by atoms with van der Waals surface area (Å²) < 4.78 is 3.82. The molecule has 0 saturated heterocycles. The van der Waals surface area contributed by atoms with Crippen LogP contribution in [0.4, 0.5) is 4.79 Å². The van der Waals surface area contributed by atoms with E-state index < -0.39 is 5.24 Å². The Balaban J connectivity index is 2.83. The van der Waals surface area contributed by atoms with Gasteiger partial charge in [0.05, 0.1) is 0 Å². The molecular formula is CH3NO2S2. The van der Waals surface area contributed by atoms with E-state index in [1.165, 1.54) is 0 Å². The fourth-order valence-corrected chi connectivity index (χ4v) is 0.240. The van der Waals surface area contributed by atoms with E-state index in [1.807, 2.05) is 0 Å². The van der Waals surface area contributed by atoms with Gasteiger partial charge in [-0.2, -0.15) is 0 Å². The van der Waals surface area contributed by atoms with Crippen LogP contribution in [0.2, 0.25) is 0 Å². The Kier molecular flexibility index (Phi) is 3.40. The predicted octanol–water partition coefficient (Wildman–Crippen LogP) is 0.402. The van der Waals surface area contributed by atoms with Crippen molar-refractivity contribution in [3.05, 3.63) is 0 Å². The minimum Gasteiger partial charge on any atom is -0.260 e. The molecule has 0 spiro atoms. The topological polar surface area (TPSA) is 38.3 Å². The molecule has 0 aliphatic rings. The van der Waals surface area contributed by atoms with Gasteiger partial charge in [-0.3, -0.25) is 4.79 Å². The minimum absolute atomic E-state index is 0.565. The molecule has 0 rings (SSSR count). The first kappa shape index (κ1) is 6.13. The number of hydrogen-bond donors (Lipinski definition) is 3. The number of hydrogen-bond acceptors (Lipinski definition) is 3. The Morgan fingerprint density at radius 2 is 2.33 bits per heavy atom. The average molecular weight is 125 g/mol. The van der Waals surface area contributed by atoms with E-state index >= 15 is 0 Å². The molecule has 0 aliphatic heterocycles. The van der Waals surface area contributed by atoms with Crippen LogP contribution in [0.1, 0.15) is 0 Å². The first-order valence-electron chi connectivity index (χ1n) is 1.06. The molecule has 36 valence electrons. The van der Waals surface area contributed by atoms with Gasteiger partial charge in [-0.05, 0) is 0 Å². The summed E-state index contributed by atoms with van der Waals surface area (Å²) in [6, 6.07) is 0. The summed E-state index contributed by atoms with van der Waals surface area (Å²) in [5.74, 6) is 0. The molecule has 0 saturated carbocycles. The first-order valence-corrected chi connectivity index (χ1v) is 1.88. The van der Waals surface area contributed by atoms with Crippen molar-refractivity contribution in [1.29, 1.82) is 0 Å². The molecule has 0 radical (unpaired) electrons. The van der Waals surface area contributed by atoms with Gasteiger partial charge in [0.25, 0.3) is 0 Å². The largest absolute Gasteiger partial charge is 0.300 e. The Hall–Kier alpha value is 0.130. The van der Waals surface area contributed by atoms with Crippen molar-refractivity contribution in [2.45, 2.75) is 0 Å². The van der Waals surface area contributed by atoms with Gasteiger partial charge >= 0.3 is 5.24 Å². The molecule has 0 fully saturated rings. The average Bonchev–Trinajstić information content (AvgIpc) is 1.35. The van der Waals surface area contributed by atoms with Gasteiger partial charge in [-0.1, -0.05) is 12.6 Å². The molecule has 3 nitrogen and oxygen atoms in total. The summed E-state index contributed by atoms with van der Waals surface area (Å²) in [4.78, 5) is 9.62. The van der Waals surface area contributed by atoms with E-state index in [4.69, 9.17) is 0 Å². The highest BCUT2D eigenvalue weighted by Crippen LogP contribution is 1.76. The van der Waals surface area contributed by atoms with Gasteiger partial charge in [0, 0.05) is 12.9 Å². The molecule has 6 heavy (non-hydrogen) atoms. The summed E-state index contributed by atoms with van der Waals surface area (Å²) in [5, 5.41) is -0.565. The zero-order valence-corrected chi connectivity index (χ0v) is 4.50. The highest BCUT2D eigenvalue weighted by atomic mass is 32.1. The molecule has 0 aromatic carbocycles. The number of thiol groups is 2. The van der Waals surface area contributed by atoms with Crippen LogP contribution in [0.5, 0.6) is 0 Å². The summed E-state index contributed by atoms with van der Waals surface area (Å²) in [6.45, 7) is 0. The molecule has 5 heteroatoms. The lowest BCUT2D eigenvalue weighted by molar-refractivity contribution is 0.219. The fraction of sp³-hybridized carbons (Fsp3) is 0. The molecule has 0 bridgehead atoms. The van der Waals surface area contributed by atoms with Gasteiger partial charge in [0.1, 0.15) is 0 Å². The van der Waals surface area contributed by atoms with Crippen molar-refractivity contribution in [3.8, 4) is 0 Å². The second-order valence-corrected chi connectivity index (χ2v) is 1.09. The molecule has 0 aliphatic carbocycles. The number of nitrogens with one attached hydrogen (secondary N) is 1. The van der Waals surface area contributed by atoms with Crippen LogP contribution in [0, 0.1) is 0 Å². The number of hydroxylamine groups is 1. The van der Waals surface area contributed by atoms with Gasteiger partial charge in [0.15, 0.2) is 0 Å². The second kappa shape index (κ2) is 3.32. The van der Waals surface area contributed by atoms with Crippen molar-refractivity contribution in [1.82, 2.24) is 5.48 Å². The third-order valence-corrected chi connectivity index (χ3v) is 0.316. The zero-order chi connectivity index (χ0) is 4.99. The molecule has 0 aromatic heterocycles. The maximum absolute atomic E-state index is 9.62. The quantitative estimate of drug-likeness (QED) is 0.270. The van der Waals surface area contributed by atoms with E-state index in [0.29, 0.717) is 0 Å². The maximum Gasteiger partial charge on any atom is 0.300 e. The highest BCUT2D eigenvalue weighted by Gasteiger charge is 1.82. The number of carbonyl (C=O) groups excluding carboxylic acids is 1. The Morgan fingerprint density at radius 1 is 1.83 bits per heavy atom. The lowest BCUT2D eigenvalue weighted by atomic mass is 11.4. The van der Waals surface area contributed by atoms with Crippen LogP contribution >= 0.6 is 25.5 Å². The zero-order valence-electron chi connectivity index (χ0n) is 2.71.